The van der Waals surface area contributed by atoms with Crippen LogP contribution in [0.4, 0.5) is 0 Å². The number of ether oxygens (including phenoxy) is 1. The predicted molar refractivity (Wildman–Crippen MR) is 82.7 cm³/mol. The highest BCUT2D eigenvalue weighted by molar-refractivity contribution is 6.10. The van der Waals surface area contributed by atoms with Gasteiger partial charge in [0.2, 0.25) is 0 Å². The number of benzene rings is 1. The smallest absolute Gasteiger partial charge is 0.324 e. The zero-order valence-electron chi connectivity index (χ0n) is 12.7. The van der Waals surface area contributed by atoms with Gasteiger partial charge in [0.1, 0.15) is 0 Å². The number of allylic oxidation sites excluding steroid dienone is 2. The van der Waals surface area contributed by atoms with Crippen molar-refractivity contribution in [3.8, 4) is 0 Å². The summed E-state index contributed by atoms with van der Waals surface area (Å²) < 4.78 is 5.11. The third-order valence-electron chi connectivity index (χ3n) is 4.00. The fraction of sp³-hybridized carbons (Fsp3) is 0.333. The molecule has 0 aliphatic heterocycles. The molecule has 3 heteroatoms. The van der Waals surface area contributed by atoms with Gasteiger partial charge in [-0.05, 0) is 37.5 Å². The van der Waals surface area contributed by atoms with E-state index in [9.17, 15) is 9.59 Å². The van der Waals surface area contributed by atoms with Crippen molar-refractivity contribution in [2.24, 2.45) is 5.41 Å². The minimum atomic E-state index is -1.25. The molecule has 1 aromatic carbocycles. The van der Waals surface area contributed by atoms with E-state index in [1.807, 2.05) is 37.3 Å². The lowest BCUT2D eigenvalue weighted by molar-refractivity contribution is -0.156. The Morgan fingerprint density at radius 1 is 1.29 bits per heavy atom. The van der Waals surface area contributed by atoms with Crippen LogP contribution < -0.4 is 0 Å². The molecule has 0 aromatic heterocycles. The van der Waals surface area contributed by atoms with Crippen LogP contribution in [-0.4, -0.2) is 18.4 Å². The lowest BCUT2D eigenvalue weighted by atomic mass is 9.77. The maximum absolute atomic E-state index is 12.3. The molecule has 0 radical (unpaired) electrons. The monoisotopic (exact) mass is 284 g/mol. The van der Waals surface area contributed by atoms with Gasteiger partial charge in [0.05, 0.1) is 6.61 Å². The third-order valence-corrected chi connectivity index (χ3v) is 4.00. The van der Waals surface area contributed by atoms with Gasteiger partial charge in [0.15, 0.2) is 11.2 Å². The summed E-state index contributed by atoms with van der Waals surface area (Å²) in [6, 6.07) is 8.01. The van der Waals surface area contributed by atoms with Crippen molar-refractivity contribution >= 4 is 17.3 Å². The first-order chi connectivity index (χ1) is 9.91. The van der Waals surface area contributed by atoms with Gasteiger partial charge in [-0.3, -0.25) is 9.59 Å². The van der Waals surface area contributed by atoms with E-state index >= 15 is 0 Å². The standard InChI is InChI=1S/C18H20O3/c1-5-21-17(20)18(14(4)19)11-16(10-13(18)3)15-8-6-12(2)7-9-15/h6-10H,3,5,11H2,1-2,4H3. The van der Waals surface area contributed by atoms with E-state index in [1.165, 1.54) is 12.5 Å². The first kappa shape index (κ1) is 15.2. The molecule has 1 unspecified atom stereocenters. The second-order valence-corrected chi connectivity index (χ2v) is 5.42. The molecule has 1 aliphatic rings. The number of carbonyl (C=O) groups excluding carboxylic acids is 2. The molecule has 0 spiro atoms. The lowest BCUT2D eigenvalue weighted by Gasteiger charge is -2.25. The summed E-state index contributed by atoms with van der Waals surface area (Å²) >= 11 is 0. The van der Waals surface area contributed by atoms with E-state index < -0.39 is 11.4 Å². The summed E-state index contributed by atoms with van der Waals surface area (Å²) in [4.78, 5) is 24.4. The van der Waals surface area contributed by atoms with Crippen molar-refractivity contribution in [1.82, 2.24) is 0 Å². The highest BCUT2D eigenvalue weighted by atomic mass is 16.5. The Morgan fingerprint density at radius 2 is 1.90 bits per heavy atom. The van der Waals surface area contributed by atoms with Gasteiger partial charge in [-0.2, -0.15) is 0 Å². The van der Waals surface area contributed by atoms with E-state index in [-0.39, 0.29) is 12.4 Å². The van der Waals surface area contributed by atoms with Gasteiger partial charge in [0, 0.05) is 6.42 Å². The molecule has 1 aliphatic carbocycles. The molecular weight excluding hydrogens is 264 g/mol. The van der Waals surface area contributed by atoms with Crippen molar-refractivity contribution in [3.05, 3.63) is 53.6 Å². The molecule has 0 bridgehead atoms. The summed E-state index contributed by atoms with van der Waals surface area (Å²) in [5, 5.41) is 0. The van der Waals surface area contributed by atoms with E-state index in [4.69, 9.17) is 4.74 Å². The molecule has 0 N–H and O–H groups in total. The zero-order chi connectivity index (χ0) is 15.6. The number of ketones is 1. The lowest BCUT2D eigenvalue weighted by Crippen LogP contribution is -2.38. The topological polar surface area (TPSA) is 43.4 Å². The molecular formula is C18H20O3. The van der Waals surface area contributed by atoms with Crippen molar-refractivity contribution in [1.29, 1.82) is 0 Å². The van der Waals surface area contributed by atoms with Gasteiger partial charge >= 0.3 is 5.97 Å². The highest BCUT2D eigenvalue weighted by Gasteiger charge is 2.50. The third kappa shape index (κ3) is 2.56. The minimum absolute atomic E-state index is 0.218. The summed E-state index contributed by atoms with van der Waals surface area (Å²) in [7, 11) is 0. The Kier molecular flexibility index (Phi) is 4.12. The fourth-order valence-electron chi connectivity index (χ4n) is 2.69. The van der Waals surface area contributed by atoms with Crippen LogP contribution in [-0.2, 0) is 14.3 Å². The first-order valence-corrected chi connectivity index (χ1v) is 7.07. The molecule has 0 saturated heterocycles. The average molecular weight is 284 g/mol. The van der Waals surface area contributed by atoms with Crippen molar-refractivity contribution in [2.75, 3.05) is 6.61 Å². The molecule has 2 rings (SSSR count). The van der Waals surface area contributed by atoms with Crippen LogP contribution in [0.3, 0.4) is 0 Å². The van der Waals surface area contributed by atoms with Crippen LogP contribution in [0.15, 0.2) is 42.5 Å². The quantitative estimate of drug-likeness (QED) is 0.628. The Labute approximate surface area is 125 Å². The summed E-state index contributed by atoms with van der Waals surface area (Å²) in [6.07, 6.45) is 2.16. The Morgan fingerprint density at radius 3 is 2.43 bits per heavy atom. The second kappa shape index (κ2) is 5.68. The molecule has 21 heavy (non-hydrogen) atoms. The second-order valence-electron chi connectivity index (χ2n) is 5.42. The minimum Gasteiger partial charge on any atom is -0.465 e. The Bertz CT molecular complexity index is 622. The normalized spacial score (nSPS) is 21.1. The molecule has 0 heterocycles. The van der Waals surface area contributed by atoms with E-state index in [2.05, 4.69) is 6.58 Å². The molecule has 3 nitrogen and oxygen atoms in total. The molecule has 110 valence electrons. The van der Waals surface area contributed by atoms with Gasteiger partial charge in [-0.25, -0.2) is 0 Å². The first-order valence-electron chi connectivity index (χ1n) is 7.07. The summed E-state index contributed by atoms with van der Waals surface area (Å²) in [5.41, 5.74) is 2.39. The van der Waals surface area contributed by atoms with Crippen LogP contribution in [0.1, 0.15) is 31.4 Å². The van der Waals surface area contributed by atoms with Gasteiger partial charge < -0.3 is 4.74 Å². The zero-order valence-corrected chi connectivity index (χ0v) is 12.7. The maximum Gasteiger partial charge on any atom is 0.324 e. The van der Waals surface area contributed by atoms with Crippen molar-refractivity contribution in [3.63, 3.8) is 0 Å². The Hall–Kier alpha value is -2.16. The number of carbonyl (C=O) groups is 2. The van der Waals surface area contributed by atoms with Crippen LogP contribution >= 0.6 is 0 Å². The van der Waals surface area contributed by atoms with E-state index in [1.54, 1.807) is 6.92 Å². The van der Waals surface area contributed by atoms with Gasteiger partial charge in [-0.15, -0.1) is 0 Å². The largest absolute Gasteiger partial charge is 0.465 e. The van der Waals surface area contributed by atoms with Crippen molar-refractivity contribution < 1.29 is 14.3 Å². The molecule has 0 amide bonds. The average Bonchev–Trinajstić information content (AvgIpc) is 2.78. The van der Waals surface area contributed by atoms with Gasteiger partial charge in [0.25, 0.3) is 0 Å². The molecule has 0 saturated carbocycles. The maximum atomic E-state index is 12.3. The number of rotatable bonds is 4. The van der Waals surface area contributed by atoms with E-state index in [0.717, 1.165) is 11.1 Å². The fourth-order valence-corrected chi connectivity index (χ4v) is 2.69. The number of hydrogen-bond donors (Lipinski definition) is 0. The highest BCUT2D eigenvalue weighted by Crippen LogP contribution is 2.46. The molecule has 1 atom stereocenters. The summed E-state index contributed by atoms with van der Waals surface area (Å²) in [6.45, 7) is 9.36. The molecule has 0 fully saturated rings. The van der Waals surface area contributed by atoms with Gasteiger partial charge in [-0.1, -0.05) is 42.5 Å². The van der Waals surface area contributed by atoms with Crippen LogP contribution in [0, 0.1) is 12.3 Å². The van der Waals surface area contributed by atoms with Crippen molar-refractivity contribution in [2.45, 2.75) is 27.2 Å². The number of aryl methyl sites for hydroxylation is 1. The van der Waals surface area contributed by atoms with Crippen LogP contribution in [0.5, 0.6) is 0 Å². The number of Topliss-reactive ketones (excluding diaryl/α,β-unsaturated/α-hetero) is 1. The summed E-state index contributed by atoms with van der Waals surface area (Å²) in [5.74, 6) is -0.717. The van der Waals surface area contributed by atoms with Crippen LogP contribution in [0.25, 0.3) is 5.57 Å². The Balaban J connectivity index is 2.38. The van der Waals surface area contributed by atoms with E-state index in [0.29, 0.717) is 12.0 Å². The SMILES string of the molecule is C=C1C=C(c2ccc(C)cc2)CC1(C(C)=O)C(=O)OCC. The van der Waals surface area contributed by atoms with Crippen LogP contribution in [0.2, 0.25) is 0 Å². The number of esters is 1. The predicted octanol–water partition coefficient (Wildman–Crippen LogP) is 3.48. The molecule has 1 aromatic rings. The number of hydrogen-bond acceptors (Lipinski definition) is 3.